The van der Waals surface area contributed by atoms with Gasteiger partial charge in [-0.2, -0.15) is 0 Å². The Hall–Kier alpha value is 0. The summed E-state index contributed by atoms with van der Waals surface area (Å²) < 4.78 is 0. The van der Waals surface area contributed by atoms with Crippen molar-refractivity contribution in [3.05, 3.63) is 0 Å². The molecule has 110 valence electrons. The molecule has 0 spiro atoms. The summed E-state index contributed by atoms with van der Waals surface area (Å²) >= 11 is 0. The Labute approximate surface area is 117 Å². The monoisotopic (exact) mass is 254 g/mol. The average molecular weight is 255 g/mol. The van der Waals surface area contributed by atoms with E-state index in [0.717, 1.165) is 11.8 Å². The molecule has 0 fully saturated rings. The van der Waals surface area contributed by atoms with Crippen molar-refractivity contribution in [3.8, 4) is 0 Å². The van der Waals surface area contributed by atoms with E-state index in [4.69, 9.17) is 0 Å². The number of unbranched alkanes of at least 4 members (excludes halogenated alkanes) is 4. The molecule has 0 aromatic heterocycles. The fourth-order valence-corrected chi connectivity index (χ4v) is 3.01. The topological polar surface area (TPSA) is 0 Å². The largest absolute Gasteiger partial charge is 0.0654 e. The summed E-state index contributed by atoms with van der Waals surface area (Å²) in [5.41, 5.74) is 0. The van der Waals surface area contributed by atoms with Crippen LogP contribution in [0.4, 0.5) is 0 Å². The highest BCUT2D eigenvalue weighted by atomic mass is 14.2. The smallest absolute Gasteiger partial charge is 0.0412 e. The van der Waals surface area contributed by atoms with Gasteiger partial charge in [0.1, 0.15) is 0 Å². The van der Waals surface area contributed by atoms with Gasteiger partial charge in [-0.25, -0.2) is 0 Å². The van der Waals surface area contributed by atoms with Crippen molar-refractivity contribution in [2.45, 2.75) is 105 Å². The van der Waals surface area contributed by atoms with Crippen LogP contribution in [0, 0.1) is 11.8 Å². The van der Waals surface area contributed by atoms with Crippen molar-refractivity contribution in [2.24, 2.45) is 11.8 Å². The lowest BCUT2D eigenvalue weighted by atomic mass is 9.83. The summed E-state index contributed by atoms with van der Waals surface area (Å²) in [6.45, 7) is 9.37. The summed E-state index contributed by atoms with van der Waals surface area (Å²) in [5, 5.41) is 0. The predicted molar refractivity (Wildman–Crippen MR) is 85.1 cm³/mol. The molecule has 0 rings (SSSR count). The zero-order valence-corrected chi connectivity index (χ0v) is 13.6. The molecule has 0 aliphatic heterocycles. The van der Waals surface area contributed by atoms with Crippen molar-refractivity contribution >= 4 is 0 Å². The highest BCUT2D eigenvalue weighted by molar-refractivity contribution is 4.67. The summed E-state index contributed by atoms with van der Waals surface area (Å²) in [6, 6.07) is 0. The SMILES string of the molecule is CCCCCC(CC)CC(CCCC)CCCC. The predicted octanol–water partition coefficient (Wildman–Crippen LogP) is 6.98. The molecule has 0 aliphatic carbocycles. The summed E-state index contributed by atoms with van der Waals surface area (Å²) in [6.07, 6.45) is 17.3. The molecule has 0 saturated carbocycles. The molecule has 0 heteroatoms. The maximum Gasteiger partial charge on any atom is -0.0412 e. The van der Waals surface area contributed by atoms with Crippen LogP contribution in [0.2, 0.25) is 0 Å². The lowest BCUT2D eigenvalue weighted by molar-refractivity contribution is 0.298. The van der Waals surface area contributed by atoms with E-state index in [9.17, 15) is 0 Å². The molecule has 0 aromatic carbocycles. The van der Waals surface area contributed by atoms with E-state index in [-0.39, 0.29) is 0 Å². The molecule has 0 heterocycles. The van der Waals surface area contributed by atoms with E-state index < -0.39 is 0 Å². The van der Waals surface area contributed by atoms with E-state index >= 15 is 0 Å². The average Bonchev–Trinajstić information content (AvgIpc) is 2.40. The van der Waals surface area contributed by atoms with Gasteiger partial charge in [0.15, 0.2) is 0 Å². The lowest BCUT2D eigenvalue weighted by Gasteiger charge is -2.23. The van der Waals surface area contributed by atoms with Crippen molar-refractivity contribution in [1.29, 1.82) is 0 Å². The zero-order valence-electron chi connectivity index (χ0n) is 13.6. The van der Waals surface area contributed by atoms with Gasteiger partial charge in [0.25, 0.3) is 0 Å². The van der Waals surface area contributed by atoms with Crippen LogP contribution in [-0.2, 0) is 0 Å². The standard InChI is InChI=1S/C18H38/c1-5-9-12-15-17(8-4)16-18(13-10-6-2)14-11-7-3/h17-18H,5-16H2,1-4H3. The molecule has 0 amide bonds. The summed E-state index contributed by atoms with van der Waals surface area (Å²) in [4.78, 5) is 0. The van der Waals surface area contributed by atoms with Gasteiger partial charge in [-0.05, 0) is 18.3 Å². The first-order valence-corrected chi connectivity index (χ1v) is 8.78. The third kappa shape index (κ3) is 9.97. The van der Waals surface area contributed by atoms with Gasteiger partial charge >= 0.3 is 0 Å². The van der Waals surface area contributed by atoms with E-state index in [1.54, 1.807) is 0 Å². The van der Waals surface area contributed by atoms with Gasteiger partial charge in [-0.1, -0.05) is 98.3 Å². The van der Waals surface area contributed by atoms with Crippen LogP contribution < -0.4 is 0 Å². The van der Waals surface area contributed by atoms with Gasteiger partial charge in [-0.15, -0.1) is 0 Å². The summed E-state index contributed by atoms with van der Waals surface area (Å²) in [5.74, 6) is 2.03. The Balaban J connectivity index is 3.97. The maximum atomic E-state index is 2.40. The van der Waals surface area contributed by atoms with Crippen LogP contribution >= 0.6 is 0 Å². The van der Waals surface area contributed by atoms with Crippen LogP contribution in [0.5, 0.6) is 0 Å². The molecule has 0 nitrogen and oxygen atoms in total. The molecular formula is C18H38. The second-order valence-corrected chi connectivity index (χ2v) is 6.16. The molecule has 1 unspecified atom stereocenters. The Morgan fingerprint density at radius 2 is 1.06 bits per heavy atom. The Bertz CT molecular complexity index is 142. The minimum absolute atomic E-state index is 1.01. The lowest BCUT2D eigenvalue weighted by Crippen LogP contribution is -2.09. The highest BCUT2D eigenvalue weighted by Crippen LogP contribution is 2.28. The number of hydrogen-bond acceptors (Lipinski definition) is 0. The van der Waals surface area contributed by atoms with E-state index in [0.29, 0.717) is 0 Å². The van der Waals surface area contributed by atoms with E-state index in [1.807, 2.05) is 0 Å². The van der Waals surface area contributed by atoms with E-state index in [1.165, 1.54) is 77.0 Å². The third-order valence-electron chi connectivity index (χ3n) is 4.39. The third-order valence-corrected chi connectivity index (χ3v) is 4.39. The quantitative estimate of drug-likeness (QED) is 0.311. The first-order chi connectivity index (χ1) is 8.78. The zero-order chi connectivity index (χ0) is 13.6. The van der Waals surface area contributed by atoms with Crippen molar-refractivity contribution in [2.75, 3.05) is 0 Å². The minimum Gasteiger partial charge on any atom is -0.0654 e. The van der Waals surface area contributed by atoms with Gasteiger partial charge in [0, 0.05) is 0 Å². The number of rotatable bonds is 13. The molecule has 0 radical (unpaired) electrons. The van der Waals surface area contributed by atoms with Gasteiger partial charge in [0.2, 0.25) is 0 Å². The summed E-state index contributed by atoms with van der Waals surface area (Å²) in [7, 11) is 0. The minimum atomic E-state index is 1.01. The van der Waals surface area contributed by atoms with E-state index in [2.05, 4.69) is 27.7 Å². The van der Waals surface area contributed by atoms with Gasteiger partial charge in [-0.3, -0.25) is 0 Å². The first-order valence-electron chi connectivity index (χ1n) is 8.78. The van der Waals surface area contributed by atoms with Crippen LogP contribution in [0.25, 0.3) is 0 Å². The highest BCUT2D eigenvalue weighted by Gasteiger charge is 2.14. The van der Waals surface area contributed by atoms with Crippen LogP contribution in [0.3, 0.4) is 0 Å². The molecule has 0 saturated heterocycles. The molecule has 0 aromatic rings. The second-order valence-electron chi connectivity index (χ2n) is 6.16. The van der Waals surface area contributed by atoms with Gasteiger partial charge < -0.3 is 0 Å². The Kier molecular flexibility index (Phi) is 13.4. The van der Waals surface area contributed by atoms with Crippen LogP contribution in [0.1, 0.15) is 105 Å². The first kappa shape index (κ1) is 18.0. The van der Waals surface area contributed by atoms with Crippen molar-refractivity contribution in [1.82, 2.24) is 0 Å². The number of hydrogen-bond donors (Lipinski definition) is 0. The fraction of sp³-hybridized carbons (Fsp3) is 1.00. The Morgan fingerprint density at radius 3 is 1.50 bits per heavy atom. The van der Waals surface area contributed by atoms with Crippen molar-refractivity contribution in [3.63, 3.8) is 0 Å². The molecule has 0 N–H and O–H groups in total. The van der Waals surface area contributed by atoms with Crippen LogP contribution in [0.15, 0.2) is 0 Å². The molecule has 0 aliphatic rings. The van der Waals surface area contributed by atoms with Crippen molar-refractivity contribution < 1.29 is 0 Å². The maximum absolute atomic E-state index is 2.40. The fourth-order valence-electron chi connectivity index (χ4n) is 3.01. The molecule has 1 atom stereocenters. The Morgan fingerprint density at radius 1 is 0.556 bits per heavy atom. The molecule has 18 heavy (non-hydrogen) atoms. The second kappa shape index (κ2) is 13.4. The normalized spacial score (nSPS) is 13.2. The van der Waals surface area contributed by atoms with Gasteiger partial charge in [0.05, 0.1) is 0 Å². The van der Waals surface area contributed by atoms with Crippen LogP contribution in [-0.4, -0.2) is 0 Å². The molecular weight excluding hydrogens is 216 g/mol. The molecule has 0 bridgehead atoms.